The molecule has 0 saturated heterocycles. The summed E-state index contributed by atoms with van der Waals surface area (Å²) in [4.78, 5) is 14.6. The van der Waals surface area contributed by atoms with Crippen molar-refractivity contribution in [1.82, 2.24) is 4.90 Å². The van der Waals surface area contributed by atoms with E-state index in [1.54, 1.807) is 7.11 Å². The topological polar surface area (TPSA) is 51.9 Å². The third-order valence-electron chi connectivity index (χ3n) is 5.98. The van der Waals surface area contributed by atoms with Crippen LogP contribution in [-0.4, -0.2) is 32.2 Å². The summed E-state index contributed by atoms with van der Waals surface area (Å²) < 4.78 is 16.8. The summed E-state index contributed by atoms with van der Waals surface area (Å²) in [6.07, 6.45) is 6.01. The molecule has 3 aromatic rings. The molecule has 2 aromatic carbocycles. The fourth-order valence-electron chi connectivity index (χ4n) is 4.35. The van der Waals surface area contributed by atoms with E-state index in [4.69, 9.17) is 13.9 Å². The molecule has 0 saturated carbocycles. The molecular formula is C26H32ClNO4. The molecule has 32 heavy (non-hydrogen) atoms. The van der Waals surface area contributed by atoms with Gasteiger partial charge in [-0.1, -0.05) is 12.1 Å². The first-order valence-corrected chi connectivity index (χ1v) is 11.2. The van der Waals surface area contributed by atoms with Gasteiger partial charge in [-0.3, -0.25) is 0 Å². The second kappa shape index (κ2) is 11.4. The van der Waals surface area contributed by atoms with Gasteiger partial charge in [0.15, 0.2) is 0 Å². The lowest BCUT2D eigenvalue weighted by atomic mass is 9.91. The maximum absolute atomic E-state index is 12.3. The highest BCUT2D eigenvalue weighted by Gasteiger charge is 2.18. The molecule has 1 aromatic heterocycles. The van der Waals surface area contributed by atoms with E-state index in [1.165, 1.54) is 11.1 Å². The Hall–Kier alpha value is -2.50. The number of fused-ring (bicyclic) bond motifs is 3. The number of unbranched alkanes of at least 4 members (excludes halogenated alkanes) is 1. The monoisotopic (exact) mass is 457 g/mol. The van der Waals surface area contributed by atoms with E-state index in [9.17, 15) is 4.79 Å². The molecule has 0 amide bonds. The molecule has 1 heterocycles. The van der Waals surface area contributed by atoms with Crippen molar-refractivity contribution < 1.29 is 13.9 Å². The fourth-order valence-corrected chi connectivity index (χ4v) is 4.35. The summed E-state index contributed by atoms with van der Waals surface area (Å²) in [5.41, 5.74) is 3.74. The van der Waals surface area contributed by atoms with Crippen LogP contribution in [0.3, 0.4) is 0 Å². The van der Waals surface area contributed by atoms with Crippen molar-refractivity contribution in [1.29, 1.82) is 0 Å². The average Bonchev–Trinajstić information content (AvgIpc) is 2.79. The Morgan fingerprint density at radius 3 is 2.62 bits per heavy atom. The zero-order valence-electron chi connectivity index (χ0n) is 18.9. The largest absolute Gasteiger partial charge is 0.497 e. The van der Waals surface area contributed by atoms with Crippen molar-refractivity contribution in [2.75, 3.05) is 27.3 Å². The fraction of sp³-hybridized carbons (Fsp3) is 0.423. The van der Waals surface area contributed by atoms with Gasteiger partial charge >= 0.3 is 5.63 Å². The number of aryl methyl sites for hydroxylation is 1. The number of rotatable bonds is 9. The number of benzene rings is 2. The number of halogens is 1. The van der Waals surface area contributed by atoms with Crippen molar-refractivity contribution in [3.8, 4) is 11.5 Å². The van der Waals surface area contributed by atoms with Crippen LogP contribution in [0.15, 0.2) is 51.7 Å². The maximum atomic E-state index is 12.3. The summed E-state index contributed by atoms with van der Waals surface area (Å²) in [5, 5.41) is 1.06. The van der Waals surface area contributed by atoms with Crippen LogP contribution < -0.4 is 15.1 Å². The molecule has 0 unspecified atom stereocenters. The molecule has 0 bridgehead atoms. The number of hydrogen-bond donors (Lipinski definition) is 0. The summed E-state index contributed by atoms with van der Waals surface area (Å²) in [6, 6.07) is 14.1. The zero-order chi connectivity index (χ0) is 21.6. The highest BCUT2D eigenvalue weighted by atomic mass is 35.5. The Morgan fingerprint density at radius 2 is 1.81 bits per heavy atom. The van der Waals surface area contributed by atoms with E-state index in [0.717, 1.165) is 74.1 Å². The van der Waals surface area contributed by atoms with Gasteiger partial charge < -0.3 is 18.8 Å². The van der Waals surface area contributed by atoms with E-state index < -0.39 is 0 Å². The van der Waals surface area contributed by atoms with Gasteiger partial charge in [-0.2, -0.15) is 0 Å². The van der Waals surface area contributed by atoms with E-state index in [1.807, 2.05) is 30.3 Å². The number of hydrogen-bond acceptors (Lipinski definition) is 5. The average molecular weight is 458 g/mol. The lowest BCUT2D eigenvalue weighted by Crippen LogP contribution is -2.19. The lowest BCUT2D eigenvalue weighted by Gasteiger charge is -2.17. The smallest absolute Gasteiger partial charge is 0.339 e. The van der Waals surface area contributed by atoms with E-state index >= 15 is 0 Å². The standard InChI is InChI=1S/C26H31NO4.ClH/c1-27(18-19-8-7-9-20(16-19)29-2)14-5-6-15-30-21-12-13-23-22-10-3-4-11-24(22)26(28)31-25(23)17-21;/h7-9,12-13,16-17H,3-6,10-11,14-15,18H2,1-2H3;1H. The second-order valence-corrected chi connectivity index (χ2v) is 8.36. The van der Waals surface area contributed by atoms with Crippen LogP contribution in [-0.2, 0) is 19.4 Å². The Balaban J connectivity index is 0.00000289. The third kappa shape index (κ3) is 5.84. The van der Waals surface area contributed by atoms with Crippen LogP contribution >= 0.6 is 12.4 Å². The predicted molar refractivity (Wildman–Crippen MR) is 130 cm³/mol. The van der Waals surface area contributed by atoms with Crippen molar-refractivity contribution in [3.05, 3.63) is 69.6 Å². The third-order valence-corrected chi connectivity index (χ3v) is 5.98. The zero-order valence-corrected chi connectivity index (χ0v) is 19.7. The van der Waals surface area contributed by atoms with Gasteiger partial charge in [0.05, 0.1) is 13.7 Å². The first-order valence-electron chi connectivity index (χ1n) is 11.2. The van der Waals surface area contributed by atoms with Gasteiger partial charge in [-0.15, -0.1) is 12.4 Å². The molecule has 5 nitrogen and oxygen atoms in total. The Morgan fingerprint density at radius 1 is 1.00 bits per heavy atom. The number of nitrogens with zero attached hydrogens (tertiary/aromatic N) is 1. The maximum Gasteiger partial charge on any atom is 0.339 e. The molecule has 4 rings (SSSR count). The first kappa shape index (κ1) is 24.1. The summed E-state index contributed by atoms with van der Waals surface area (Å²) in [6.45, 7) is 2.54. The minimum absolute atomic E-state index is 0. The molecule has 0 atom stereocenters. The Kier molecular flexibility index (Phi) is 8.60. The van der Waals surface area contributed by atoms with E-state index in [0.29, 0.717) is 12.2 Å². The molecule has 0 N–H and O–H groups in total. The van der Waals surface area contributed by atoms with Gasteiger partial charge in [-0.25, -0.2) is 4.79 Å². The van der Waals surface area contributed by atoms with Gasteiger partial charge in [0, 0.05) is 23.6 Å². The molecule has 0 radical (unpaired) electrons. The first-order chi connectivity index (χ1) is 15.1. The number of methoxy groups -OCH3 is 1. The Labute approximate surface area is 195 Å². The van der Waals surface area contributed by atoms with Gasteiger partial charge in [0.2, 0.25) is 0 Å². The quantitative estimate of drug-likeness (QED) is 0.318. The van der Waals surface area contributed by atoms with Crippen molar-refractivity contribution >= 4 is 23.4 Å². The van der Waals surface area contributed by atoms with Crippen LogP contribution in [0.1, 0.15) is 42.4 Å². The van der Waals surface area contributed by atoms with Crippen molar-refractivity contribution in [3.63, 3.8) is 0 Å². The van der Waals surface area contributed by atoms with E-state index in [-0.39, 0.29) is 18.0 Å². The highest BCUT2D eigenvalue weighted by Crippen LogP contribution is 2.29. The van der Waals surface area contributed by atoms with E-state index in [2.05, 4.69) is 24.1 Å². The molecule has 172 valence electrons. The van der Waals surface area contributed by atoms with Crippen LogP contribution in [0.2, 0.25) is 0 Å². The highest BCUT2D eigenvalue weighted by molar-refractivity contribution is 5.85. The van der Waals surface area contributed by atoms with Crippen molar-refractivity contribution in [2.24, 2.45) is 0 Å². The minimum Gasteiger partial charge on any atom is -0.497 e. The second-order valence-electron chi connectivity index (χ2n) is 8.36. The number of ether oxygens (including phenoxy) is 2. The van der Waals surface area contributed by atoms with Crippen LogP contribution in [0.25, 0.3) is 11.0 Å². The SMILES string of the molecule is COc1cccc(CN(C)CCCCOc2ccc3c4c(c(=O)oc3c2)CCCC4)c1.Cl. The van der Waals surface area contributed by atoms with Gasteiger partial charge in [-0.05, 0) is 87.5 Å². The normalized spacial score (nSPS) is 13.0. The molecular weight excluding hydrogens is 426 g/mol. The summed E-state index contributed by atoms with van der Waals surface area (Å²) in [5.74, 6) is 1.65. The van der Waals surface area contributed by atoms with Gasteiger partial charge in [0.25, 0.3) is 0 Å². The summed E-state index contributed by atoms with van der Waals surface area (Å²) >= 11 is 0. The van der Waals surface area contributed by atoms with Crippen LogP contribution in [0.5, 0.6) is 11.5 Å². The lowest BCUT2D eigenvalue weighted by molar-refractivity contribution is 0.275. The molecule has 1 aliphatic carbocycles. The summed E-state index contributed by atoms with van der Waals surface area (Å²) in [7, 11) is 3.83. The molecule has 0 spiro atoms. The minimum atomic E-state index is -0.182. The molecule has 0 aliphatic heterocycles. The Bertz CT molecular complexity index is 1090. The van der Waals surface area contributed by atoms with Crippen LogP contribution in [0, 0.1) is 0 Å². The van der Waals surface area contributed by atoms with Crippen LogP contribution in [0.4, 0.5) is 0 Å². The van der Waals surface area contributed by atoms with Crippen molar-refractivity contribution in [2.45, 2.75) is 45.1 Å². The molecule has 0 fully saturated rings. The molecule has 6 heteroatoms. The predicted octanol–water partition coefficient (Wildman–Crippen LogP) is 5.39. The van der Waals surface area contributed by atoms with Gasteiger partial charge in [0.1, 0.15) is 17.1 Å². The molecule has 1 aliphatic rings.